The molecule has 0 bridgehead atoms. The number of nitrogens with one attached hydrogen (secondary N) is 2. The third-order valence-electron chi connectivity index (χ3n) is 2.45. The zero-order chi connectivity index (χ0) is 15.0. The smallest absolute Gasteiger partial charge is 0.315 e. The molecule has 0 unspecified atom stereocenters. The van der Waals surface area contributed by atoms with Gasteiger partial charge in [-0.25, -0.2) is 4.79 Å². The number of amides is 2. The summed E-state index contributed by atoms with van der Waals surface area (Å²) in [4.78, 5) is 31.6. The molecule has 2 amide bonds. The zero-order valence-electron chi connectivity index (χ0n) is 10.7. The average Bonchev–Trinajstić information content (AvgIpc) is 2.41. The second-order valence-corrected chi connectivity index (χ2v) is 4.03. The maximum absolute atomic E-state index is 11.4. The van der Waals surface area contributed by atoms with E-state index >= 15 is 0 Å². The topological polar surface area (TPSA) is 122 Å². The summed E-state index contributed by atoms with van der Waals surface area (Å²) >= 11 is 0. The van der Waals surface area contributed by atoms with Gasteiger partial charge in [0.1, 0.15) is 0 Å². The molecule has 0 radical (unpaired) electrons. The van der Waals surface area contributed by atoms with Crippen LogP contribution < -0.4 is 10.6 Å². The lowest BCUT2D eigenvalue weighted by Gasteiger charge is -2.07. The van der Waals surface area contributed by atoms with Crippen molar-refractivity contribution < 1.29 is 19.6 Å². The van der Waals surface area contributed by atoms with Crippen molar-refractivity contribution in [3.63, 3.8) is 0 Å². The Kier molecular flexibility index (Phi) is 5.95. The van der Waals surface area contributed by atoms with Crippen LogP contribution in [0.4, 0.5) is 10.5 Å². The molecule has 0 atom stereocenters. The van der Waals surface area contributed by atoms with Crippen molar-refractivity contribution in [3.8, 4) is 0 Å². The number of hydrogen-bond donors (Lipinski definition) is 3. The minimum Gasteiger partial charge on any atom is -0.481 e. The van der Waals surface area contributed by atoms with E-state index in [4.69, 9.17) is 5.11 Å². The molecule has 0 aliphatic heterocycles. The second-order valence-electron chi connectivity index (χ2n) is 4.03. The summed E-state index contributed by atoms with van der Waals surface area (Å²) in [6.45, 7) is 0.515. The number of hydrogen-bond acceptors (Lipinski definition) is 4. The van der Waals surface area contributed by atoms with Crippen molar-refractivity contribution >= 4 is 17.7 Å². The number of carboxylic acids is 1. The van der Waals surface area contributed by atoms with Crippen LogP contribution in [0.5, 0.6) is 0 Å². The number of urea groups is 1. The maximum Gasteiger partial charge on any atom is 0.315 e. The number of nitro groups is 1. The number of carbonyl (C=O) groups is 2. The van der Waals surface area contributed by atoms with Gasteiger partial charge in [-0.2, -0.15) is 0 Å². The summed E-state index contributed by atoms with van der Waals surface area (Å²) in [5, 5.41) is 24.0. The Morgan fingerprint density at radius 2 is 1.85 bits per heavy atom. The molecule has 108 valence electrons. The molecule has 3 N–H and O–H groups in total. The van der Waals surface area contributed by atoms with Crippen molar-refractivity contribution in [1.82, 2.24) is 10.6 Å². The number of carboxylic acid groups (broad SMARTS) is 1. The lowest BCUT2D eigenvalue weighted by molar-refractivity contribution is -0.384. The molecule has 0 saturated carbocycles. The summed E-state index contributed by atoms with van der Waals surface area (Å²) in [6, 6.07) is 5.43. The van der Waals surface area contributed by atoms with E-state index in [1.807, 2.05) is 0 Å². The highest BCUT2D eigenvalue weighted by Gasteiger charge is 2.05. The highest BCUT2D eigenvalue weighted by molar-refractivity contribution is 5.73. The van der Waals surface area contributed by atoms with Crippen molar-refractivity contribution in [3.05, 3.63) is 39.9 Å². The Morgan fingerprint density at radius 1 is 1.20 bits per heavy atom. The predicted molar refractivity (Wildman–Crippen MR) is 70.2 cm³/mol. The van der Waals surface area contributed by atoms with Crippen LogP contribution in [0.25, 0.3) is 0 Å². The van der Waals surface area contributed by atoms with Crippen molar-refractivity contribution in [2.24, 2.45) is 0 Å². The Hall–Kier alpha value is -2.64. The van der Waals surface area contributed by atoms with Crippen LogP contribution in [0, 0.1) is 10.1 Å². The van der Waals surface area contributed by atoms with E-state index in [2.05, 4.69) is 10.6 Å². The number of benzene rings is 1. The van der Waals surface area contributed by atoms with Gasteiger partial charge >= 0.3 is 12.0 Å². The standard InChI is InChI=1S/C12H15N3O5/c16-11(17)2-1-7-13-12(18)14-8-9-3-5-10(6-4-9)15(19)20/h3-6H,1-2,7-8H2,(H,16,17)(H2,13,14,18). The van der Waals surface area contributed by atoms with E-state index in [1.165, 1.54) is 12.1 Å². The lowest BCUT2D eigenvalue weighted by atomic mass is 10.2. The van der Waals surface area contributed by atoms with Crippen molar-refractivity contribution in [1.29, 1.82) is 0 Å². The molecule has 0 spiro atoms. The Bertz CT molecular complexity index is 486. The first-order valence-electron chi connectivity index (χ1n) is 5.96. The van der Waals surface area contributed by atoms with E-state index in [0.717, 1.165) is 5.56 Å². The van der Waals surface area contributed by atoms with Crippen LogP contribution in [0.2, 0.25) is 0 Å². The first-order chi connectivity index (χ1) is 9.49. The van der Waals surface area contributed by atoms with E-state index in [9.17, 15) is 19.7 Å². The highest BCUT2D eigenvalue weighted by Crippen LogP contribution is 2.11. The summed E-state index contributed by atoms with van der Waals surface area (Å²) in [7, 11) is 0. The van der Waals surface area contributed by atoms with E-state index < -0.39 is 16.9 Å². The number of carbonyl (C=O) groups excluding carboxylic acids is 1. The molecule has 1 rings (SSSR count). The number of non-ortho nitro benzene ring substituents is 1. The van der Waals surface area contributed by atoms with Crippen LogP contribution >= 0.6 is 0 Å². The Balaban J connectivity index is 2.26. The normalized spacial score (nSPS) is 9.80. The van der Waals surface area contributed by atoms with Crippen LogP contribution in [0.1, 0.15) is 18.4 Å². The van der Waals surface area contributed by atoms with Crippen LogP contribution in [0.3, 0.4) is 0 Å². The fraction of sp³-hybridized carbons (Fsp3) is 0.333. The molecule has 8 heteroatoms. The molecule has 20 heavy (non-hydrogen) atoms. The first-order valence-corrected chi connectivity index (χ1v) is 5.96. The molecule has 1 aromatic carbocycles. The fourth-order valence-corrected chi connectivity index (χ4v) is 1.42. The van der Waals surface area contributed by atoms with Crippen LogP contribution in [-0.4, -0.2) is 28.6 Å². The van der Waals surface area contributed by atoms with Crippen LogP contribution in [-0.2, 0) is 11.3 Å². The minimum atomic E-state index is -0.905. The summed E-state index contributed by atoms with van der Waals surface area (Å²) in [5.41, 5.74) is 0.725. The Labute approximate surface area is 114 Å². The number of nitrogens with zero attached hydrogens (tertiary/aromatic N) is 1. The quantitative estimate of drug-likeness (QED) is 0.394. The minimum absolute atomic E-state index is 0.00261. The molecule has 0 aliphatic rings. The van der Waals surface area contributed by atoms with Crippen molar-refractivity contribution in [2.75, 3.05) is 6.54 Å². The molecule has 0 aromatic heterocycles. The van der Waals surface area contributed by atoms with E-state index in [1.54, 1.807) is 12.1 Å². The number of rotatable bonds is 7. The monoisotopic (exact) mass is 281 g/mol. The van der Waals surface area contributed by atoms with Crippen molar-refractivity contribution in [2.45, 2.75) is 19.4 Å². The molecule has 0 saturated heterocycles. The van der Waals surface area contributed by atoms with Gasteiger partial charge < -0.3 is 15.7 Å². The predicted octanol–water partition coefficient (Wildman–Crippen LogP) is 1.26. The zero-order valence-corrected chi connectivity index (χ0v) is 10.7. The molecule has 0 aliphatic carbocycles. The van der Waals surface area contributed by atoms with Gasteiger partial charge in [-0.15, -0.1) is 0 Å². The van der Waals surface area contributed by atoms with Gasteiger partial charge in [0.2, 0.25) is 0 Å². The van der Waals surface area contributed by atoms with E-state index in [0.29, 0.717) is 6.42 Å². The Morgan fingerprint density at radius 3 is 2.40 bits per heavy atom. The molecule has 0 heterocycles. The third-order valence-corrected chi connectivity index (χ3v) is 2.45. The molecule has 0 fully saturated rings. The van der Waals surface area contributed by atoms with Gasteiger partial charge in [0.25, 0.3) is 5.69 Å². The van der Waals surface area contributed by atoms with Gasteiger partial charge in [-0.3, -0.25) is 14.9 Å². The first kappa shape index (κ1) is 15.4. The molecule has 8 nitrogen and oxygen atoms in total. The summed E-state index contributed by atoms with van der Waals surface area (Å²) < 4.78 is 0. The third kappa shape index (κ3) is 5.80. The van der Waals surface area contributed by atoms with Gasteiger partial charge in [-0.05, 0) is 12.0 Å². The highest BCUT2D eigenvalue weighted by atomic mass is 16.6. The fourth-order valence-electron chi connectivity index (χ4n) is 1.42. The second kappa shape index (κ2) is 7.72. The van der Waals surface area contributed by atoms with Gasteiger partial charge in [0.15, 0.2) is 0 Å². The van der Waals surface area contributed by atoms with Gasteiger partial charge in [0.05, 0.1) is 4.92 Å². The average molecular weight is 281 g/mol. The lowest BCUT2D eigenvalue weighted by Crippen LogP contribution is -2.35. The summed E-state index contributed by atoms with van der Waals surface area (Å²) in [6.07, 6.45) is 0.364. The maximum atomic E-state index is 11.4. The van der Waals surface area contributed by atoms with Crippen LogP contribution in [0.15, 0.2) is 24.3 Å². The number of aliphatic carboxylic acids is 1. The molecular formula is C12H15N3O5. The molecule has 1 aromatic rings. The SMILES string of the molecule is O=C(O)CCCNC(=O)NCc1ccc([N+](=O)[O-])cc1. The number of nitro benzene ring substituents is 1. The van der Waals surface area contributed by atoms with Gasteiger partial charge in [0, 0.05) is 31.6 Å². The largest absolute Gasteiger partial charge is 0.481 e. The summed E-state index contributed by atoms with van der Waals surface area (Å²) in [5.74, 6) is -0.905. The van der Waals surface area contributed by atoms with E-state index in [-0.39, 0.29) is 25.2 Å². The molecular weight excluding hydrogens is 266 g/mol. The van der Waals surface area contributed by atoms with Gasteiger partial charge in [-0.1, -0.05) is 12.1 Å².